The highest BCUT2D eigenvalue weighted by atomic mass is 16.3. The molecule has 2 aliphatic rings. The largest absolute Gasteiger partial charge is 0.393 e. The van der Waals surface area contributed by atoms with Crippen LogP contribution in [0.2, 0.25) is 0 Å². The minimum atomic E-state index is -0.0933. The smallest absolute Gasteiger partial charge is 0.0541 e. The Morgan fingerprint density at radius 1 is 1.23 bits per heavy atom. The summed E-state index contributed by atoms with van der Waals surface area (Å²) in [4.78, 5) is 4.78. The van der Waals surface area contributed by atoms with Crippen LogP contribution in [0.3, 0.4) is 0 Å². The van der Waals surface area contributed by atoms with Crippen molar-refractivity contribution in [3.8, 4) is 0 Å². The molecule has 1 heterocycles. The van der Waals surface area contributed by atoms with E-state index in [4.69, 9.17) is 5.73 Å². The zero-order chi connectivity index (χ0) is 15.7. The van der Waals surface area contributed by atoms with Crippen molar-refractivity contribution < 1.29 is 5.11 Å². The summed E-state index contributed by atoms with van der Waals surface area (Å²) in [6.07, 6.45) is 3.96. The third kappa shape index (κ3) is 3.20. The van der Waals surface area contributed by atoms with Gasteiger partial charge in [-0.05, 0) is 56.5 Å². The molecule has 1 atom stereocenters. The molecule has 0 bridgehead atoms. The van der Waals surface area contributed by atoms with Crippen molar-refractivity contribution in [3.05, 3.63) is 34.9 Å². The van der Waals surface area contributed by atoms with E-state index in [2.05, 4.69) is 42.1 Å². The van der Waals surface area contributed by atoms with Gasteiger partial charge in [0.05, 0.1) is 6.10 Å². The molecular weight excluding hydrogens is 274 g/mol. The van der Waals surface area contributed by atoms with Gasteiger partial charge in [0.1, 0.15) is 0 Å². The molecule has 1 aliphatic carbocycles. The van der Waals surface area contributed by atoms with Crippen LogP contribution >= 0.6 is 0 Å². The van der Waals surface area contributed by atoms with Gasteiger partial charge in [-0.1, -0.05) is 18.2 Å². The van der Waals surface area contributed by atoms with Gasteiger partial charge >= 0.3 is 0 Å². The molecule has 0 amide bonds. The third-order valence-corrected chi connectivity index (χ3v) is 5.18. The van der Waals surface area contributed by atoms with Crippen LogP contribution in [-0.4, -0.2) is 47.7 Å². The molecule has 1 fully saturated rings. The number of fused-ring (bicyclic) bond motifs is 1. The van der Waals surface area contributed by atoms with Crippen LogP contribution in [0.15, 0.2) is 18.2 Å². The van der Waals surface area contributed by atoms with E-state index in [0.29, 0.717) is 18.6 Å². The van der Waals surface area contributed by atoms with Gasteiger partial charge in [0, 0.05) is 31.7 Å². The summed E-state index contributed by atoms with van der Waals surface area (Å²) in [6, 6.07) is 7.80. The molecule has 1 unspecified atom stereocenters. The Labute approximate surface area is 133 Å². The molecule has 0 spiro atoms. The average molecular weight is 303 g/mol. The maximum Gasteiger partial charge on any atom is 0.0541 e. The van der Waals surface area contributed by atoms with E-state index in [-0.39, 0.29) is 6.10 Å². The Kier molecular flexibility index (Phi) is 4.83. The van der Waals surface area contributed by atoms with Gasteiger partial charge in [0.2, 0.25) is 0 Å². The first-order chi connectivity index (χ1) is 10.6. The Morgan fingerprint density at radius 3 is 2.59 bits per heavy atom. The molecular formula is C18H29N3O. The van der Waals surface area contributed by atoms with Crippen molar-refractivity contribution in [3.63, 3.8) is 0 Å². The van der Waals surface area contributed by atoms with Gasteiger partial charge in [0.15, 0.2) is 0 Å². The van der Waals surface area contributed by atoms with Gasteiger partial charge in [-0.15, -0.1) is 0 Å². The molecule has 1 saturated carbocycles. The van der Waals surface area contributed by atoms with Crippen molar-refractivity contribution >= 4 is 0 Å². The van der Waals surface area contributed by atoms with Crippen LogP contribution in [0.1, 0.15) is 48.4 Å². The van der Waals surface area contributed by atoms with Crippen LogP contribution in [0.4, 0.5) is 0 Å². The first-order valence-corrected chi connectivity index (χ1v) is 8.48. The number of aliphatic hydroxyl groups is 1. The number of nitrogens with zero attached hydrogens (tertiary/aromatic N) is 2. The van der Waals surface area contributed by atoms with E-state index in [1.54, 1.807) is 0 Å². The molecule has 0 radical (unpaired) electrons. The van der Waals surface area contributed by atoms with E-state index in [1.165, 1.54) is 16.7 Å². The van der Waals surface area contributed by atoms with Gasteiger partial charge in [0.25, 0.3) is 0 Å². The summed E-state index contributed by atoms with van der Waals surface area (Å²) in [5.74, 6) is 0. The number of hydrogen-bond acceptors (Lipinski definition) is 4. The van der Waals surface area contributed by atoms with Crippen LogP contribution in [0, 0.1) is 0 Å². The molecule has 0 aromatic heterocycles. The standard InChI is InChI=1S/C18H29N3O/c1-20(2)11-13-3-4-14-12-21(18(10-19)17(14)9-13)15-5-7-16(22)8-6-15/h3-4,9,15-16,18,22H,5-8,10-12,19H2,1-2H3. The SMILES string of the molecule is CN(C)Cc1ccc2c(c1)C(CN)N(C1CCC(O)CC1)C2. The first kappa shape index (κ1) is 15.9. The molecule has 3 N–H and O–H groups in total. The topological polar surface area (TPSA) is 52.7 Å². The van der Waals surface area contributed by atoms with E-state index in [9.17, 15) is 5.11 Å². The Hall–Kier alpha value is -0.940. The molecule has 122 valence electrons. The lowest BCUT2D eigenvalue weighted by atomic mass is 9.91. The quantitative estimate of drug-likeness (QED) is 0.891. The zero-order valence-electron chi connectivity index (χ0n) is 13.8. The van der Waals surface area contributed by atoms with Crippen LogP contribution < -0.4 is 5.73 Å². The number of benzene rings is 1. The summed E-state index contributed by atoms with van der Waals surface area (Å²) >= 11 is 0. The second-order valence-electron chi connectivity index (χ2n) is 7.16. The number of nitrogens with two attached hydrogens (primary N) is 1. The molecule has 4 heteroatoms. The Morgan fingerprint density at radius 2 is 1.95 bits per heavy atom. The lowest BCUT2D eigenvalue weighted by Gasteiger charge is -2.36. The van der Waals surface area contributed by atoms with E-state index in [0.717, 1.165) is 38.8 Å². The van der Waals surface area contributed by atoms with Gasteiger partial charge < -0.3 is 15.7 Å². The molecule has 1 aliphatic heterocycles. The molecule has 0 saturated heterocycles. The molecule has 22 heavy (non-hydrogen) atoms. The van der Waals surface area contributed by atoms with Crippen molar-refractivity contribution in [2.45, 2.75) is 57.0 Å². The highest BCUT2D eigenvalue weighted by Gasteiger charge is 2.35. The maximum atomic E-state index is 9.74. The predicted octanol–water partition coefficient (Wildman–Crippen LogP) is 1.87. The average Bonchev–Trinajstić information content (AvgIpc) is 2.85. The second kappa shape index (κ2) is 6.67. The Balaban J connectivity index is 1.78. The van der Waals surface area contributed by atoms with E-state index < -0.39 is 0 Å². The number of aliphatic hydroxyl groups excluding tert-OH is 1. The second-order valence-corrected chi connectivity index (χ2v) is 7.16. The summed E-state index contributed by atoms with van der Waals surface area (Å²) in [5.41, 5.74) is 10.3. The summed E-state index contributed by atoms with van der Waals surface area (Å²) in [6.45, 7) is 2.66. The van der Waals surface area contributed by atoms with Crippen molar-refractivity contribution in [2.24, 2.45) is 5.73 Å². The van der Waals surface area contributed by atoms with Gasteiger partial charge in [-0.3, -0.25) is 4.90 Å². The number of hydrogen-bond donors (Lipinski definition) is 2. The molecule has 3 rings (SSSR count). The minimum absolute atomic E-state index is 0.0933. The van der Waals surface area contributed by atoms with Gasteiger partial charge in [-0.2, -0.15) is 0 Å². The van der Waals surface area contributed by atoms with E-state index in [1.807, 2.05) is 0 Å². The van der Waals surface area contributed by atoms with Crippen molar-refractivity contribution in [1.82, 2.24) is 9.80 Å². The zero-order valence-corrected chi connectivity index (χ0v) is 13.8. The molecule has 1 aromatic carbocycles. The predicted molar refractivity (Wildman–Crippen MR) is 89.4 cm³/mol. The fourth-order valence-corrected chi connectivity index (χ4v) is 4.08. The Bertz CT molecular complexity index is 509. The number of rotatable bonds is 4. The highest BCUT2D eigenvalue weighted by molar-refractivity contribution is 5.38. The fraction of sp³-hybridized carbons (Fsp3) is 0.667. The van der Waals surface area contributed by atoms with Crippen LogP contribution in [0.5, 0.6) is 0 Å². The fourth-order valence-electron chi connectivity index (χ4n) is 4.08. The minimum Gasteiger partial charge on any atom is -0.393 e. The lowest BCUT2D eigenvalue weighted by molar-refractivity contribution is 0.0571. The van der Waals surface area contributed by atoms with Gasteiger partial charge in [-0.25, -0.2) is 0 Å². The maximum absolute atomic E-state index is 9.74. The molecule has 1 aromatic rings. The lowest BCUT2D eigenvalue weighted by Crippen LogP contribution is -2.40. The summed E-state index contributed by atoms with van der Waals surface area (Å²) in [7, 11) is 4.21. The van der Waals surface area contributed by atoms with Crippen molar-refractivity contribution in [1.29, 1.82) is 0 Å². The summed E-state index contributed by atoms with van der Waals surface area (Å²) < 4.78 is 0. The highest BCUT2D eigenvalue weighted by Crippen LogP contribution is 2.38. The summed E-state index contributed by atoms with van der Waals surface area (Å²) in [5, 5.41) is 9.74. The third-order valence-electron chi connectivity index (χ3n) is 5.18. The normalized spacial score (nSPS) is 29.0. The first-order valence-electron chi connectivity index (χ1n) is 8.48. The molecule has 4 nitrogen and oxygen atoms in total. The van der Waals surface area contributed by atoms with Crippen molar-refractivity contribution in [2.75, 3.05) is 20.6 Å². The van der Waals surface area contributed by atoms with Crippen LogP contribution in [-0.2, 0) is 13.1 Å². The van der Waals surface area contributed by atoms with E-state index >= 15 is 0 Å². The monoisotopic (exact) mass is 303 g/mol. The van der Waals surface area contributed by atoms with Crippen LogP contribution in [0.25, 0.3) is 0 Å².